The van der Waals surface area contributed by atoms with Crippen molar-refractivity contribution >= 4 is 5.91 Å². The molecule has 1 aromatic rings. The second-order valence-corrected chi connectivity index (χ2v) is 4.91. The maximum Gasteiger partial charge on any atom is 0.274 e. The lowest BCUT2D eigenvalue weighted by Gasteiger charge is -2.20. The van der Waals surface area contributed by atoms with Gasteiger partial charge in [-0.2, -0.15) is 5.10 Å². The van der Waals surface area contributed by atoms with E-state index in [2.05, 4.69) is 22.1 Å². The standard InChI is InChI=1S/C12H18N4O2/c1-15-6-5-9(7-15)8-16(2)12(18)10-3-4-11(17)14-13-10/h3-4,9H,5-8H2,1-2H3,(H,14,17). The van der Waals surface area contributed by atoms with Crippen molar-refractivity contribution in [3.63, 3.8) is 0 Å². The van der Waals surface area contributed by atoms with Crippen LogP contribution in [-0.4, -0.2) is 59.6 Å². The second kappa shape index (κ2) is 5.30. The maximum absolute atomic E-state index is 12.1. The van der Waals surface area contributed by atoms with Crippen LogP contribution >= 0.6 is 0 Å². The normalized spacial score (nSPS) is 20.0. The summed E-state index contributed by atoms with van der Waals surface area (Å²) in [6, 6.07) is 2.77. The van der Waals surface area contributed by atoms with E-state index in [9.17, 15) is 9.59 Å². The van der Waals surface area contributed by atoms with Crippen LogP contribution in [0.25, 0.3) is 0 Å². The van der Waals surface area contributed by atoms with Gasteiger partial charge in [-0.3, -0.25) is 9.59 Å². The van der Waals surface area contributed by atoms with Gasteiger partial charge in [0, 0.05) is 26.2 Å². The molecule has 0 spiro atoms. The summed E-state index contributed by atoms with van der Waals surface area (Å²) in [5, 5.41) is 6.02. The molecule has 1 fully saturated rings. The highest BCUT2D eigenvalue weighted by molar-refractivity contribution is 5.91. The van der Waals surface area contributed by atoms with Gasteiger partial charge in [0.25, 0.3) is 11.5 Å². The quantitative estimate of drug-likeness (QED) is 0.806. The summed E-state index contributed by atoms with van der Waals surface area (Å²) in [5.41, 5.74) is -0.0185. The molecule has 0 radical (unpaired) electrons. The van der Waals surface area contributed by atoms with Gasteiger partial charge in [0.05, 0.1) is 0 Å². The number of rotatable bonds is 3. The van der Waals surface area contributed by atoms with Crippen LogP contribution in [-0.2, 0) is 0 Å². The van der Waals surface area contributed by atoms with Gasteiger partial charge < -0.3 is 9.80 Å². The Hall–Kier alpha value is -1.69. The molecule has 1 aliphatic heterocycles. The number of H-pyrrole nitrogens is 1. The van der Waals surface area contributed by atoms with Crippen molar-refractivity contribution in [1.82, 2.24) is 20.0 Å². The van der Waals surface area contributed by atoms with Crippen LogP contribution in [0.4, 0.5) is 0 Å². The van der Waals surface area contributed by atoms with Crippen LogP contribution in [0.2, 0.25) is 0 Å². The van der Waals surface area contributed by atoms with Crippen LogP contribution in [0.15, 0.2) is 16.9 Å². The number of aromatic amines is 1. The molecule has 6 heteroatoms. The zero-order valence-corrected chi connectivity index (χ0v) is 10.7. The largest absolute Gasteiger partial charge is 0.340 e. The molecule has 1 atom stereocenters. The molecule has 1 N–H and O–H groups in total. The summed E-state index contributed by atoms with van der Waals surface area (Å²) < 4.78 is 0. The number of hydrogen-bond donors (Lipinski definition) is 1. The smallest absolute Gasteiger partial charge is 0.274 e. The van der Waals surface area contributed by atoms with Gasteiger partial charge in [0.1, 0.15) is 5.69 Å². The fraction of sp³-hybridized carbons (Fsp3) is 0.583. The van der Waals surface area contributed by atoms with Crippen molar-refractivity contribution in [1.29, 1.82) is 0 Å². The number of nitrogens with one attached hydrogen (secondary N) is 1. The first-order valence-corrected chi connectivity index (χ1v) is 6.06. The SMILES string of the molecule is CN1CCC(CN(C)C(=O)c2ccc(=O)[nH]n2)C1. The van der Waals surface area contributed by atoms with Gasteiger partial charge in [0.15, 0.2) is 0 Å². The number of carbonyl (C=O) groups is 1. The van der Waals surface area contributed by atoms with Crippen molar-refractivity contribution in [2.24, 2.45) is 5.92 Å². The number of nitrogens with zero attached hydrogens (tertiary/aromatic N) is 3. The number of aromatic nitrogens is 2. The number of amides is 1. The molecule has 98 valence electrons. The Morgan fingerprint density at radius 3 is 2.94 bits per heavy atom. The summed E-state index contributed by atoms with van der Waals surface area (Å²) in [4.78, 5) is 26.9. The van der Waals surface area contributed by atoms with Crippen LogP contribution in [0, 0.1) is 5.92 Å². The molecule has 6 nitrogen and oxygen atoms in total. The summed E-state index contributed by atoms with van der Waals surface area (Å²) in [6.45, 7) is 2.84. The summed E-state index contributed by atoms with van der Waals surface area (Å²) >= 11 is 0. The molecular formula is C12H18N4O2. The molecule has 0 aliphatic carbocycles. The third kappa shape index (κ3) is 2.95. The fourth-order valence-electron chi connectivity index (χ4n) is 2.30. The van der Waals surface area contributed by atoms with Gasteiger partial charge in [-0.15, -0.1) is 0 Å². The van der Waals surface area contributed by atoms with Gasteiger partial charge in [0.2, 0.25) is 0 Å². The highest BCUT2D eigenvalue weighted by Gasteiger charge is 2.23. The van der Waals surface area contributed by atoms with Gasteiger partial charge in [-0.25, -0.2) is 5.10 Å². The number of carbonyl (C=O) groups excluding carboxylic acids is 1. The maximum atomic E-state index is 12.1. The average molecular weight is 250 g/mol. The minimum Gasteiger partial charge on any atom is -0.340 e. The Bertz CT molecular complexity index is 465. The lowest BCUT2D eigenvalue weighted by atomic mass is 10.1. The van der Waals surface area contributed by atoms with E-state index in [1.54, 1.807) is 11.9 Å². The number of likely N-dealkylation sites (tertiary alicyclic amines) is 1. The van der Waals surface area contributed by atoms with Gasteiger partial charge >= 0.3 is 0 Å². The molecule has 1 aromatic heterocycles. The van der Waals surface area contributed by atoms with Gasteiger partial charge in [-0.05, 0) is 32.0 Å². The topological polar surface area (TPSA) is 69.3 Å². The fourth-order valence-corrected chi connectivity index (χ4v) is 2.30. The highest BCUT2D eigenvalue weighted by atomic mass is 16.2. The average Bonchev–Trinajstić information content (AvgIpc) is 2.75. The molecule has 1 saturated heterocycles. The first-order valence-electron chi connectivity index (χ1n) is 6.06. The molecule has 18 heavy (non-hydrogen) atoms. The Kier molecular flexibility index (Phi) is 3.76. The van der Waals surface area contributed by atoms with Crippen LogP contribution < -0.4 is 5.56 Å². The van der Waals surface area contributed by atoms with E-state index >= 15 is 0 Å². The molecule has 0 saturated carbocycles. The Balaban J connectivity index is 1.96. The van der Waals surface area contributed by atoms with Crippen molar-refractivity contribution in [3.8, 4) is 0 Å². The van der Waals surface area contributed by atoms with Crippen molar-refractivity contribution in [3.05, 3.63) is 28.2 Å². The van der Waals surface area contributed by atoms with E-state index in [0.29, 0.717) is 5.92 Å². The van der Waals surface area contributed by atoms with Gasteiger partial charge in [-0.1, -0.05) is 0 Å². The molecule has 1 unspecified atom stereocenters. The second-order valence-electron chi connectivity index (χ2n) is 4.91. The first kappa shape index (κ1) is 12.8. The monoisotopic (exact) mass is 250 g/mol. The minimum atomic E-state index is -0.299. The minimum absolute atomic E-state index is 0.152. The Morgan fingerprint density at radius 2 is 2.39 bits per heavy atom. The highest BCUT2D eigenvalue weighted by Crippen LogP contribution is 2.15. The predicted octanol–water partition coefficient (Wildman–Crippen LogP) is -0.206. The van der Waals surface area contributed by atoms with E-state index in [1.807, 2.05) is 0 Å². The summed E-state index contributed by atoms with van der Waals surface area (Å²) in [5.74, 6) is 0.368. The zero-order chi connectivity index (χ0) is 13.1. The lowest BCUT2D eigenvalue weighted by molar-refractivity contribution is 0.0767. The lowest BCUT2D eigenvalue weighted by Crippen LogP contribution is -2.33. The Labute approximate surface area is 106 Å². The van der Waals surface area contributed by atoms with Crippen molar-refractivity contribution < 1.29 is 4.79 Å². The van der Waals surface area contributed by atoms with E-state index in [1.165, 1.54) is 12.1 Å². The summed E-state index contributed by atoms with van der Waals surface area (Å²) in [7, 11) is 3.86. The summed E-state index contributed by atoms with van der Waals surface area (Å²) in [6.07, 6.45) is 1.12. The van der Waals surface area contributed by atoms with Crippen LogP contribution in [0.3, 0.4) is 0 Å². The third-order valence-electron chi connectivity index (χ3n) is 3.27. The van der Waals surface area contributed by atoms with Crippen molar-refractivity contribution in [2.45, 2.75) is 6.42 Å². The van der Waals surface area contributed by atoms with Crippen LogP contribution in [0.1, 0.15) is 16.9 Å². The molecule has 0 bridgehead atoms. The molecular weight excluding hydrogens is 232 g/mol. The van der Waals surface area contributed by atoms with E-state index in [4.69, 9.17) is 0 Å². The first-order chi connectivity index (χ1) is 8.56. The number of hydrogen-bond acceptors (Lipinski definition) is 4. The third-order valence-corrected chi connectivity index (χ3v) is 3.27. The molecule has 2 heterocycles. The molecule has 2 rings (SSSR count). The Morgan fingerprint density at radius 1 is 1.61 bits per heavy atom. The van der Waals surface area contributed by atoms with E-state index in [-0.39, 0.29) is 17.2 Å². The van der Waals surface area contributed by atoms with E-state index < -0.39 is 0 Å². The molecule has 1 amide bonds. The molecule has 0 aromatic carbocycles. The van der Waals surface area contributed by atoms with E-state index in [0.717, 1.165) is 26.1 Å². The molecule has 1 aliphatic rings. The predicted molar refractivity (Wildman–Crippen MR) is 67.4 cm³/mol. The van der Waals surface area contributed by atoms with Crippen LogP contribution in [0.5, 0.6) is 0 Å². The zero-order valence-electron chi connectivity index (χ0n) is 10.7. The van der Waals surface area contributed by atoms with Crippen molar-refractivity contribution in [2.75, 3.05) is 33.7 Å².